The smallest absolute Gasteiger partial charge is 0.139 e. The van der Waals surface area contributed by atoms with Crippen LogP contribution in [0.25, 0.3) is 21.5 Å². The van der Waals surface area contributed by atoms with Gasteiger partial charge in [-0.15, -0.1) is 11.3 Å². The molecule has 4 atom stereocenters. The lowest BCUT2D eigenvalue weighted by atomic mass is 9.73. The first kappa shape index (κ1) is 23.9. The van der Waals surface area contributed by atoms with Crippen LogP contribution in [0.15, 0.2) is 40.9 Å². The minimum absolute atomic E-state index is 0.00575. The fourth-order valence-electron chi connectivity index (χ4n) is 5.84. The molecule has 4 aromatic rings. The second kappa shape index (κ2) is 9.13. The molecule has 2 aliphatic carbocycles. The first-order valence-corrected chi connectivity index (χ1v) is 13.5. The Morgan fingerprint density at radius 3 is 2.61 bits per heavy atom. The highest BCUT2D eigenvalue weighted by Gasteiger charge is 2.56. The van der Waals surface area contributed by atoms with Crippen molar-refractivity contribution in [2.75, 3.05) is 0 Å². The number of hydrogen-bond donors (Lipinski definition) is 1. The number of aliphatic hydroxyl groups is 1. The number of hydrogen-bond acceptors (Lipinski definition) is 7. The SMILES string of the molecule is Cc1onc(-c2c(Cl)cccc2Cl)c1COC1C[C@H]2CC[C@@H](C1)C2(O)c1nc2ccc(C#N)cc2s1. The van der Waals surface area contributed by atoms with Gasteiger partial charge in [0.1, 0.15) is 22.1 Å². The zero-order valence-corrected chi connectivity index (χ0v) is 21.8. The molecule has 2 aliphatic rings. The third-order valence-electron chi connectivity index (χ3n) is 7.71. The second-order valence-corrected chi connectivity index (χ2v) is 11.5. The van der Waals surface area contributed by atoms with Crippen LogP contribution >= 0.6 is 34.5 Å². The van der Waals surface area contributed by atoms with Gasteiger partial charge in [0.05, 0.1) is 44.6 Å². The molecule has 2 unspecified atom stereocenters. The average molecular weight is 540 g/mol. The Bertz CT molecular complexity index is 1470. The predicted molar refractivity (Wildman–Crippen MR) is 139 cm³/mol. The van der Waals surface area contributed by atoms with E-state index in [9.17, 15) is 10.4 Å². The van der Waals surface area contributed by atoms with Crippen molar-refractivity contribution in [1.82, 2.24) is 10.1 Å². The molecule has 36 heavy (non-hydrogen) atoms. The van der Waals surface area contributed by atoms with E-state index in [-0.39, 0.29) is 17.9 Å². The summed E-state index contributed by atoms with van der Waals surface area (Å²) in [6.45, 7) is 2.18. The third kappa shape index (κ3) is 3.84. The van der Waals surface area contributed by atoms with Crippen molar-refractivity contribution in [3.05, 3.63) is 68.3 Å². The lowest BCUT2D eigenvalue weighted by Gasteiger charge is -2.41. The number of ether oxygens (including phenoxy) is 1. The molecule has 184 valence electrons. The summed E-state index contributed by atoms with van der Waals surface area (Å²) in [5, 5.41) is 27.1. The Labute approximate surface area is 222 Å². The fraction of sp³-hybridized carbons (Fsp3) is 0.370. The van der Waals surface area contributed by atoms with Gasteiger partial charge in [0, 0.05) is 11.1 Å². The molecule has 0 saturated heterocycles. The number of halogens is 2. The molecule has 2 saturated carbocycles. The average Bonchev–Trinajstić information content (AvgIpc) is 3.49. The van der Waals surface area contributed by atoms with Gasteiger partial charge in [0.15, 0.2) is 0 Å². The standard InChI is InChI=1S/C27H23Cl2N3O3S/c1-14-19(25(32-35-14)24-20(28)3-2-4-21(24)29)13-34-18-10-16-6-7-17(11-18)27(16,33)26-31-22-8-5-15(12-30)9-23(22)36-26/h2-5,8-9,16-18,33H,6-7,10-11,13H2,1H3/t16-,17+,18?,27?. The summed E-state index contributed by atoms with van der Waals surface area (Å²) in [4.78, 5) is 4.78. The van der Waals surface area contributed by atoms with Gasteiger partial charge in [-0.25, -0.2) is 4.98 Å². The molecular weight excluding hydrogens is 517 g/mol. The Hall–Kier alpha value is -2.47. The van der Waals surface area contributed by atoms with Gasteiger partial charge in [-0.3, -0.25) is 0 Å². The zero-order valence-electron chi connectivity index (χ0n) is 19.5. The highest BCUT2D eigenvalue weighted by Crippen LogP contribution is 2.56. The lowest BCUT2D eigenvalue weighted by Crippen LogP contribution is -2.44. The van der Waals surface area contributed by atoms with E-state index in [0.717, 1.165) is 46.5 Å². The van der Waals surface area contributed by atoms with Gasteiger partial charge >= 0.3 is 0 Å². The molecule has 0 radical (unpaired) electrons. The highest BCUT2D eigenvalue weighted by atomic mass is 35.5. The van der Waals surface area contributed by atoms with Crippen molar-refractivity contribution in [2.24, 2.45) is 11.8 Å². The second-order valence-electron chi connectivity index (χ2n) is 9.68. The van der Waals surface area contributed by atoms with E-state index < -0.39 is 5.60 Å². The van der Waals surface area contributed by atoms with Crippen LogP contribution < -0.4 is 0 Å². The minimum Gasteiger partial charge on any atom is -0.382 e. The van der Waals surface area contributed by atoms with Crippen LogP contribution in [0.2, 0.25) is 10.0 Å². The molecule has 0 amide bonds. The number of nitrogens with zero attached hydrogens (tertiary/aromatic N) is 3. The third-order valence-corrected chi connectivity index (χ3v) is 9.50. The predicted octanol–water partition coefficient (Wildman–Crippen LogP) is 7.03. The summed E-state index contributed by atoms with van der Waals surface area (Å²) < 4.78 is 12.8. The maximum atomic E-state index is 11.9. The molecule has 0 aliphatic heterocycles. The first-order chi connectivity index (χ1) is 17.4. The monoisotopic (exact) mass is 539 g/mol. The maximum absolute atomic E-state index is 11.9. The van der Waals surface area contributed by atoms with E-state index in [2.05, 4.69) is 11.2 Å². The van der Waals surface area contributed by atoms with Crippen molar-refractivity contribution in [2.45, 2.75) is 50.9 Å². The van der Waals surface area contributed by atoms with Gasteiger partial charge in [-0.05, 0) is 74.8 Å². The largest absolute Gasteiger partial charge is 0.382 e. The van der Waals surface area contributed by atoms with Crippen molar-refractivity contribution in [3.8, 4) is 17.3 Å². The Kier molecular flexibility index (Phi) is 6.06. The van der Waals surface area contributed by atoms with Crippen LogP contribution in [0.5, 0.6) is 0 Å². The van der Waals surface area contributed by atoms with Gasteiger partial charge in [-0.2, -0.15) is 5.26 Å². The summed E-state index contributed by atoms with van der Waals surface area (Å²) in [5.74, 6) is 0.805. The fourth-order valence-corrected chi connectivity index (χ4v) is 7.67. The van der Waals surface area contributed by atoms with Gasteiger partial charge in [0.25, 0.3) is 0 Å². The number of aryl methyl sites for hydroxylation is 1. The Morgan fingerprint density at radius 1 is 1.19 bits per heavy atom. The van der Waals surface area contributed by atoms with Crippen LogP contribution in [-0.4, -0.2) is 21.4 Å². The molecule has 9 heteroatoms. The van der Waals surface area contributed by atoms with E-state index in [1.54, 1.807) is 24.3 Å². The minimum atomic E-state index is -0.959. The zero-order chi connectivity index (χ0) is 25.0. The van der Waals surface area contributed by atoms with Crippen LogP contribution in [0, 0.1) is 30.1 Å². The summed E-state index contributed by atoms with van der Waals surface area (Å²) in [5.41, 5.74) is 2.55. The summed E-state index contributed by atoms with van der Waals surface area (Å²) >= 11 is 14.3. The van der Waals surface area contributed by atoms with E-state index in [1.165, 1.54) is 11.3 Å². The topological polar surface area (TPSA) is 92.2 Å². The molecule has 1 N–H and O–H groups in total. The number of thiazole rings is 1. The number of benzene rings is 2. The lowest BCUT2D eigenvalue weighted by molar-refractivity contribution is -0.116. The Morgan fingerprint density at radius 2 is 1.92 bits per heavy atom. The van der Waals surface area contributed by atoms with Gasteiger partial charge < -0.3 is 14.4 Å². The molecule has 6 rings (SSSR count). The summed E-state index contributed by atoms with van der Waals surface area (Å²) in [6.07, 6.45) is 3.38. The molecule has 2 heterocycles. The summed E-state index contributed by atoms with van der Waals surface area (Å²) in [7, 11) is 0. The van der Waals surface area contributed by atoms with Crippen LogP contribution in [0.4, 0.5) is 0 Å². The van der Waals surface area contributed by atoms with Crippen molar-refractivity contribution in [3.63, 3.8) is 0 Å². The van der Waals surface area contributed by atoms with Crippen molar-refractivity contribution in [1.29, 1.82) is 5.26 Å². The number of aromatic nitrogens is 2. The van der Waals surface area contributed by atoms with E-state index in [1.807, 2.05) is 19.1 Å². The van der Waals surface area contributed by atoms with E-state index >= 15 is 0 Å². The van der Waals surface area contributed by atoms with E-state index in [0.29, 0.717) is 39.2 Å². The Balaban J connectivity index is 1.21. The van der Waals surface area contributed by atoms with Gasteiger partial charge in [-0.1, -0.05) is 34.4 Å². The van der Waals surface area contributed by atoms with Crippen LogP contribution in [0.3, 0.4) is 0 Å². The molecule has 6 nitrogen and oxygen atoms in total. The quantitative estimate of drug-likeness (QED) is 0.292. The first-order valence-electron chi connectivity index (χ1n) is 11.9. The van der Waals surface area contributed by atoms with Crippen molar-refractivity contribution < 1.29 is 14.4 Å². The molecule has 2 bridgehead atoms. The van der Waals surface area contributed by atoms with Crippen LogP contribution in [0.1, 0.15) is 47.6 Å². The van der Waals surface area contributed by atoms with Crippen molar-refractivity contribution >= 4 is 44.8 Å². The molecule has 0 spiro atoms. The number of fused-ring (bicyclic) bond motifs is 3. The van der Waals surface area contributed by atoms with E-state index in [4.69, 9.17) is 37.4 Å². The number of nitriles is 1. The molecule has 2 aromatic heterocycles. The molecule has 2 aromatic carbocycles. The normalized spacial score (nSPS) is 25.4. The molecular formula is C27H23Cl2N3O3S. The maximum Gasteiger partial charge on any atom is 0.139 e. The van der Waals surface area contributed by atoms with Crippen LogP contribution in [-0.2, 0) is 16.9 Å². The van der Waals surface area contributed by atoms with Gasteiger partial charge in [0.2, 0.25) is 0 Å². The highest BCUT2D eigenvalue weighted by molar-refractivity contribution is 7.18. The summed E-state index contributed by atoms with van der Waals surface area (Å²) in [6, 6.07) is 13.0. The number of rotatable bonds is 5. The molecule has 2 fully saturated rings.